The molecule has 3 rings (SSSR count). The fourth-order valence-electron chi connectivity index (χ4n) is 3.71. The average molecular weight is 383 g/mol. The number of amides is 1. The molecular formula is C18H26FN3O3S. The van der Waals surface area contributed by atoms with Gasteiger partial charge in [-0.3, -0.25) is 9.69 Å². The van der Waals surface area contributed by atoms with Crippen LogP contribution in [0.5, 0.6) is 0 Å². The second-order valence-corrected chi connectivity index (χ2v) is 9.15. The van der Waals surface area contributed by atoms with Crippen LogP contribution in [0.4, 0.5) is 4.39 Å². The van der Waals surface area contributed by atoms with Gasteiger partial charge in [0.05, 0.1) is 6.26 Å². The molecule has 2 aliphatic rings. The number of benzene rings is 1. The zero-order valence-corrected chi connectivity index (χ0v) is 15.9. The number of nitrogens with zero attached hydrogens (tertiary/aromatic N) is 3. The van der Waals surface area contributed by atoms with E-state index in [0.29, 0.717) is 45.6 Å². The highest BCUT2D eigenvalue weighted by Crippen LogP contribution is 2.22. The van der Waals surface area contributed by atoms with E-state index in [1.807, 2.05) is 11.0 Å². The Morgan fingerprint density at radius 3 is 2.35 bits per heavy atom. The zero-order chi connectivity index (χ0) is 18.7. The minimum absolute atomic E-state index is 0.0808. The molecule has 2 heterocycles. The van der Waals surface area contributed by atoms with E-state index in [2.05, 4.69) is 4.90 Å². The van der Waals surface area contributed by atoms with E-state index in [-0.39, 0.29) is 17.6 Å². The van der Waals surface area contributed by atoms with Gasteiger partial charge in [0.15, 0.2) is 0 Å². The molecule has 0 N–H and O–H groups in total. The van der Waals surface area contributed by atoms with E-state index >= 15 is 0 Å². The van der Waals surface area contributed by atoms with Crippen molar-refractivity contribution in [3.63, 3.8) is 0 Å². The molecule has 26 heavy (non-hydrogen) atoms. The molecule has 0 saturated carbocycles. The lowest BCUT2D eigenvalue weighted by Crippen LogP contribution is -2.51. The van der Waals surface area contributed by atoms with Gasteiger partial charge in [0.1, 0.15) is 5.82 Å². The van der Waals surface area contributed by atoms with Crippen LogP contribution in [0.3, 0.4) is 0 Å². The van der Waals surface area contributed by atoms with Gasteiger partial charge in [-0.15, -0.1) is 0 Å². The average Bonchev–Trinajstić information content (AvgIpc) is 2.61. The number of hydrogen-bond donors (Lipinski definition) is 0. The number of sulfonamides is 1. The van der Waals surface area contributed by atoms with E-state index in [1.54, 1.807) is 12.1 Å². The molecule has 2 fully saturated rings. The lowest BCUT2D eigenvalue weighted by atomic mass is 9.96. The molecule has 6 nitrogen and oxygen atoms in total. The topological polar surface area (TPSA) is 60.9 Å². The van der Waals surface area contributed by atoms with Crippen LogP contribution >= 0.6 is 0 Å². The summed E-state index contributed by atoms with van der Waals surface area (Å²) >= 11 is 0. The molecule has 0 aliphatic carbocycles. The number of carbonyl (C=O) groups excluding carboxylic acids is 1. The number of carbonyl (C=O) groups is 1. The predicted molar refractivity (Wildman–Crippen MR) is 97.4 cm³/mol. The van der Waals surface area contributed by atoms with Gasteiger partial charge in [0, 0.05) is 51.7 Å². The van der Waals surface area contributed by atoms with Crippen LogP contribution in [0.15, 0.2) is 24.3 Å². The van der Waals surface area contributed by atoms with Crippen LogP contribution in [0.1, 0.15) is 18.4 Å². The maximum Gasteiger partial charge on any atom is 0.225 e. The zero-order valence-electron chi connectivity index (χ0n) is 15.1. The third kappa shape index (κ3) is 4.81. The smallest absolute Gasteiger partial charge is 0.225 e. The van der Waals surface area contributed by atoms with E-state index in [0.717, 1.165) is 18.7 Å². The largest absolute Gasteiger partial charge is 0.340 e. The number of piperidine rings is 1. The molecule has 2 saturated heterocycles. The van der Waals surface area contributed by atoms with Crippen molar-refractivity contribution in [3.05, 3.63) is 35.6 Å². The maximum atomic E-state index is 13.3. The van der Waals surface area contributed by atoms with Gasteiger partial charge in [-0.2, -0.15) is 0 Å². The highest BCUT2D eigenvalue weighted by Gasteiger charge is 2.32. The summed E-state index contributed by atoms with van der Waals surface area (Å²) in [4.78, 5) is 16.8. The van der Waals surface area contributed by atoms with E-state index in [4.69, 9.17) is 0 Å². The molecule has 8 heteroatoms. The first kappa shape index (κ1) is 19.3. The highest BCUT2D eigenvalue weighted by atomic mass is 32.2. The van der Waals surface area contributed by atoms with Crippen molar-refractivity contribution in [2.24, 2.45) is 5.92 Å². The molecule has 0 unspecified atom stereocenters. The molecule has 0 radical (unpaired) electrons. The fourth-order valence-corrected chi connectivity index (χ4v) is 4.59. The van der Waals surface area contributed by atoms with E-state index in [1.165, 1.54) is 16.6 Å². The molecular weight excluding hydrogens is 357 g/mol. The molecule has 0 atom stereocenters. The first-order valence-electron chi connectivity index (χ1n) is 9.03. The van der Waals surface area contributed by atoms with Crippen LogP contribution < -0.4 is 0 Å². The minimum atomic E-state index is -3.16. The van der Waals surface area contributed by atoms with Crippen LogP contribution in [0, 0.1) is 11.7 Å². The van der Waals surface area contributed by atoms with Gasteiger partial charge in [0.25, 0.3) is 0 Å². The number of piperazine rings is 1. The Labute approximate surface area is 154 Å². The second-order valence-electron chi connectivity index (χ2n) is 7.17. The Balaban J connectivity index is 1.47. The Bertz CT molecular complexity index is 740. The normalized spacial score (nSPS) is 21.1. The maximum absolute atomic E-state index is 13.3. The summed E-state index contributed by atoms with van der Waals surface area (Å²) in [6.45, 7) is 4.41. The van der Waals surface area contributed by atoms with Crippen LogP contribution in [0.25, 0.3) is 0 Å². The summed E-state index contributed by atoms with van der Waals surface area (Å²) in [5.74, 6) is -0.164. The summed E-state index contributed by atoms with van der Waals surface area (Å²) in [5.41, 5.74) is 0.943. The number of rotatable bonds is 4. The fraction of sp³-hybridized carbons (Fsp3) is 0.611. The standard InChI is InChI=1S/C18H26FN3O3S/c1-26(24,25)22-7-5-16(6-8-22)18(23)21-11-9-20(10-12-21)14-15-3-2-4-17(19)13-15/h2-4,13,16H,5-12,14H2,1H3. The Hall–Kier alpha value is -1.51. The Kier molecular flexibility index (Phi) is 5.94. The molecule has 0 spiro atoms. The predicted octanol–water partition coefficient (Wildman–Crippen LogP) is 1.14. The van der Waals surface area contributed by atoms with Crippen molar-refractivity contribution in [1.82, 2.24) is 14.1 Å². The van der Waals surface area contributed by atoms with Gasteiger partial charge < -0.3 is 4.90 Å². The minimum Gasteiger partial charge on any atom is -0.340 e. The third-order valence-corrected chi connectivity index (χ3v) is 6.55. The Morgan fingerprint density at radius 1 is 1.12 bits per heavy atom. The highest BCUT2D eigenvalue weighted by molar-refractivity contribution is 7.88. The van der Waals surface area contributed by atoms with Crippen molar-refractivity contribution in [1.29, 1.82) is 0 Å². The van der Waals surface area contributed by atoms with Crippen molar-refractivity contribution in [2.45, 2.75) is 19.4 Å². The van der Waals surface area contributed by atoms with Crippen molar-refractivity contribution >= 4 is 15.9 Å². The lowest BCUT2D eigenvalue weighted by molar-refractivity contribution is -0.138. The number of halogens is 1. The third-order valence-electron chi connectivity index (χ3n) is 5.25. The summed E-state index contributed by atoms with van der Waals surface area (Å²) in [5, 5.41) is 0. The van der Waals surface area contributed by atoms with Gasteiger partial charge >= 0.3 is 0 Å². The van der Waals surface area contributed by atoms with Gasteiger partial charge in [0.2, 0.25) is 15.9 Å². The SMILES string of the molecule is CS(=O)(=O)N1CCC(C(=O)N2CCN(Cc3cccc(F)c3)CC2)CC1. The lowest BCUT2D eigenvalue weighted by Gasteiger charge is -2.38. The number of hydrogen-bond acceptors (Lipinski definition) is 4. The molecule has 0 bridgehead atoms. The van der Waals surface area contributed by atoms with Crippen molar-refractivity contribution < 1.29 is 17.6 Å². The summed E-state index contributed by atoms with van der Waals surface area (Å²) in [7, 11) is -3.16. The summed E-state index contributed by atoms with van der Waals surface area (Å²) in [6.07, 6.45) is 2.40. The van der Waals surface area contributed by atoms with Gasteiger partial charge in [-0.1, -0.05) is 12.1 Å². The first-order valence-corrected chi connectivity index (χ1v) is 10.9. The van der Waals surface area contributed by atoms with Crippen molar-refractivity contribution in [2.75, 3.05) is 45.5 Å². The molecule has 1 amide bonds. The van der Waals surface area contributed by atoms with E-state index < -0.39 is 10.0 Å². The van der Waals surface area contributed by atoms with Crippen molar-refractivity contribution in [3.8, 4) is 0 Å². The van der Waals surface area contributed by atoms with E-state index in [9.17, 15) is 17.6 Å². The molecule has 144 valence electrons. The van der Waals surface area contributed by atoms with Crippen LogP contribution in [-0.2, 0) is 21.4 Å². The van der Waals surface area contributed by atoms with Crippen LogP contribution in [0.2, 0.25) is 0 Å². The molecule has 1 aromatic rings. The second kappa shape index (κ2) is 8.02. The van der Waals surface area contributed by atoms with Gasteiger partial charge in [-0.25, -0.2) is 17.1 Å². The van der Waals surface area contributed by atoms with Gasteiger partial charge in [-0.05, 0) is 30.5 Å². The monoisotopic (exact) mass is 383 g/mol. The Morgan fingerprint density at radius 2 is 1.77 bits per heavy atom. The molecule has 1 aromatic carbocycles. The van der Waals surface area contributed by atoms with Crippen LogP contribution in [-0.4, -0.2) is 74.0 Å². The summed E-state index contributed by atoms with van der Waals surface area (Å²) in [6, 6.07) is 6.62. The quantitative estimate of drug-likeness (QED) is 0.782. The summed E-state index contributed by atoms with van der Waals surface area (Å²) < 4.78 is 37.9. The molecule has 0 aromatic heterocycles. The molecule has 2 aliphatic heterocycles. The first-order chi connectivity index (χ1) is 12.3.